The van der Waals surface area contributed by atoms with Gasteiger partial charge in [-0.1, -0.05) is 32.9 Å². The third kappa shape index (κ3) is 4.28. The van der Waals surface area contributed by atoms with Crippen molar-refractivity contribution >= 4 is 15.5 Å². The monoisotopic (exact) mass is 391 g/mol. The second kappa shape index (κ2) is 6.94. The van der Waals surface area contributed by atoms with Gasteiger partial charge in [0.2, 0.25) is 9.84 Å². The van der Waals surface area contributed by atoms with Crippen LogP contribution in [-0.4, -0.2) is 32.7 Å². The molecular formula is C19H21NO6S. The normalized spacial score (nSPS) is 16.8. The first-order valence-corrected chi connectivity index (χ1v) is 9.96. The van der Waals surface area contributed by atoms with E-state index in [4.69, 9.17) is 9.47 Å². The number of ether oxygens (including phenoxy) is 2. The smallest absolute Gasteiger partial charge is 0.292 e. The van der Waals surface area contributed by atoms with Crippen LogP contribution in [0.3, 0.4) is 0 Å². The molecule has 0 aliphatic carbocycles. The molecule has 0 radical (unpaired) electrons. The molecule has 8 heteroatoms. The third-order valence-electron chi connectivity index (χ3n) is 4.29. The van der Waals surface area contributed by atoms with Gasteiger partial charge >= 0.3 is 0 Å². The van der Waals surface area contributed by atoms with Crippen molar-refractivity contribution in [3.63, 3.8) is 0 Å². The van der Waals surface area contributed by atoms with E-state index in [-0.39, 0.29) is 33.7 Å². The molecule has 0 aromatic heterocycles. The van der Waals surface area contributed by atoms with Gasteiger partial charge in [0, 0.05) is 0 Å². The minimum Gasteiger partial charge on any atom is -0.491 e. The lowest BCUT2D eigenvalue weighted by atomic mass is 9.87. The van der Waals surface area contributed by atoms with Crippen molar-refractivity contribution in [2.75, 3.05) is 13.2 Å². The van der Waals surface area contributed by atoms with Gasteiger partial charge in [-0.15, -0.1) is 0 Å². The molecule has 0 bridgehead atoms. The van der Waals surface area contributed by atoms with E-state index in [1.165, 1.54) is 24.3 Å². The Bertz CT molecular complexity index is 957. The lowest BCUT2D eigenvalue weighted by Gasteiger charge is -2.19. The molecule has 1 aliphatic rings. The maximum absolute atomic E-state index is 12.9. The van der Waals surface area contributed by atoms with Crippen LogP contribution in [0.5, 0.6) is 5.75 Å². The number of hydrogen-bond acceptors (Lipinski definition) is 6. The van der Waals surface area contributed by atoms with Crippen molar-refractivity contribution in [3.8, 4) is 5.75 Å². The zero-order valence-electron chi connectivity index (χ0n) is 15.3. The molecule has 1 heterocycles. The Hall–Kier alpha value is -2.45. The molecule has 0 spiro atoms. The van der Waals surface area contributed by atoms with Crippen LogP contribution >= 0.6 is 0 Å². The quantitative estimate of drug-likeness (QED) is 0.424. The summed E-state index contributed by atoms with van der Waals surface area (Å²) >= 11 is 0. The van der Waals surface area contributed by atoms with Crippen molar-refractivity contribution in [2.24, 2.45) is 0 Å². The molecule has 2 aromatic carbocycles. The molecule has 0 N–H and O–H groups in total. The standard InChI is InChI=1S/C19H21NO6S/c1-19(2,3)13-4-7-16(8-5-13)27(23,24)18-9-6-14(10-17(18)20(21)22)25-11-15-12-26-15/h4-10,15H,11-12H2,1-3H3. The van der Waals surface area contributed by atoms with E-state index in [1.807, 2.05) is 20.8 Å². The second-order valence-corrected chi connectivity index (χ2v) is 9.35. The lowest BCUT2D eigenvalue weighted by molar-refractivity contribution is -0.387. The molecule has 0 saturated carbocycles. The Labute approximate surface area is 158 Å². The van der Waals surface area contributed by atoms with Crippen LogP contribution in [-0.2, 0) is 20.0 Å². The van der Waals surface area contributed by atoms with Gasteiger partial charge in [0.05, 0.1) is 22.5 Å². The van der Waals surface area contributed by atoms with Crippen molar-refractivity contribution in [1.29, 1.82) is 0 Å². The lowest BCUT2D eigenvalue weighted by Crippen LogP contribution is -2.12. The molecule has 144 valence electrons. The fourth-order valence-corrected chi connectivity index (χ4v) is 3.98. The van der Waals surface area contributed by atoms with E-state index in [1.54, 1.807) is 12.1 Å². The van der Waals surface area contributed by atoms with Crippen LogP contribution in [0.4, 0.5) is 5.69 Å². The minimum atomic E-state index is -4.03. The fraction of sp³-hybridized carbons (Fsp3) is 0.368. The van der Waals surface area contributed by atoms with E-state index < -0.39 is 20.4 Å². The Morgan fingerprint density at radius 3 is 2.33 bits per heavy atom. The number of nitrogens with zero attached hydrogens (tertiary/aromatic N) is 1. The summed E-state index contributed by atoms with van der Waals surface area (Å²) in [7, 11) is -4.03. The number of benzene rings is 2. The summed E-state index contributed by atoms with van der Waals surface area (Å²) in [6.45, 7) is 6.93. The maximum Gasteiger partial charge on any atom is 0.292 e. The maximum atomic E-state index is 12.9. The highest BCUT2D eigenvalue weighted by Crippen LogP contribution is 2.33. The van der Waals surface area contributed by atoms with Gasteiger partial charge < -0.3 is 9.47 Å². The van der Waals surface area contributed by atoms with E-state index in [0.29, 0.717) is 6.61 Å². The summed E-state index contributed by atoms with van der Waals surface area (Å²) in [5.41, 5.74) is 0.338. The van der Waals surface area contributed by atoms with Crippen LogP contribution in [0.25, 0.3) is 0 Å². The first-order valence-electron chi connectivity index (χ1n) is 8.47. The van der Waals surface area contributed by atoms with E-state index in [9.17, 15) is 18.5 Å². The highest BCUT2D eigenvalue weighted by molar-refractivity contribution is 7.91. The Morgan fingerprint density at radius 1 is 1.19 bits per heavy atom. The van der Waals surface area contributed by atoms with Crippen molar-refractivity contribution in [1.82, 2.24) is 0 Å². The number of sulfone groups is 1. The van der Waals surface area contributed by atoms with Gasteiger partial charge in [-0.25, -0.2) is 8.42 Å². The van der Waals surface area contributed by atoms with Crippen molar-refractivity contribution < 1.29 is 22.8 Å². The largest absolute Gasteiger partial charge is 0.491 e. The Morgan fingerprint density at radius 2 is 1.81 bits per heavy atom. The molecule has 27 heavy (non-hydrogen) atoms. The molecular weight excluding hydrogens is 370 g/mol. The van der Waals surface area contributed by atoms with Gasteiger partial charge in [0.15, 0.2) is 0 Å². The third-order valence-corrected chi connectivity index (χ3v) is 6.10. The zero-order chi connectivity index (χ0) is 19.8. The number of epoxide rings is 1. The van der Waals surface area contributed by atoms with Gasteiger partial charge in [-0.05, 0) is 35.2 Å². The highest BCUT2D eigenvalue weighted by atomic mass is 32.2. The second-order valence-electron chi connectivity index (χ2n) is 7.43. The van der Waals surface area contributed by atoms with Crippen LogP contribution in [0.2, 0.25) is 0 Å². The van der Waals surface area contributed by atoms with Crippen LogP contribution in [0, 0.1) is 10.1 Å². The van der Waals surface area contributed by atoms with Crippen molar-refractivity contribution in [3.05, 3.63) is 58.1 Å². The predicted octanol–water partition coefficient (Wildman–Crippen LogP) is 3.50. The Balaban J connectivity index is 1.96. The number of hydrogen-bond donors (Lipinski definition) is 0. The minimum absolute atomic E-state index is 0.00574. The molecule has 1 aliphatic heterocycles. The van der Waals surface area contributed by atoms with Gasteiger partial charge in [-0.2, -0.15) is 0 Å². The summed E-state index contributed by atoms with van der Waals surface area (Å²) in [4.78, 5) is 10.4. The molecule has 1 atom stereocenters. The summed E-state index contributed by atoms with van der Waals surface area (Å²) in [6.07, 6.45) is -0.00574. The average molecular weight is 391 g/mol. The van der Waals surface area contributed by atoms with Crippen LogP contribution in [0.15, 0.2) is 52.3 Å². The van der Waals surface area contributed by atoms with Crippen LogP contribution < -0.4 is 4.74 Å². The SMILES string of the molecule is CC(C)(C)c1ccc(S(=O)(=O)c2ccc(OCC3CO3)cc2[N+](=O)[O-])cc1. The molecule has 1 fully saturated rings. The van der Waals surface area contributed by atoms with Gasteiger partial charge in [0.25, 0.3) is 5.69 Å². The summed E-state index contributed by atoms with van der Waals surface area (Å²) in [5.74, 6) is 0.235. The molecule has 1 saturated heterocycles. The first-order chi connectivity index (χ1) is 12.6. The number of nitro groups is 1. The summed E-state index contributed by atoms with van der Waals surface area (Å²) in [5, 5.41) is 11.4. The number of rotatable bonds is 6. The van der Waals surface area contributed by atoms with Crippen LogP contribution in [0.1, 0.15) is 26.3 Å². The van der Waals surface area contributed by atoms with Crippen molar-refractivity contribution in [2.45, 2.75) is 42.1 Å². The first kappa shape index (κ1) is 19.3. The summed E-state index contributed by atoms with van der Waals surface area (Å²) < 4.78 is 36.3. The predicted molar refractivity (Wildman–Crippen MR) is 98.9 cm³/mol. The summed E-state index contributed by atoms with van der Waals surface area (Å²) in [6, 6.07) is 10.2. The van der Waals surface area contributed by atoms with E-state index in [2.05, 4.69) is 0 Å². The molecule has 2 aromatic rings. The zero-order valence-corrected chi connectivity index (χ0v) is 16.2. The molecule has 3 rings (SSSR count). The number of nitro benzene ring substituents is 1. The van der Waals surface area contributed by atoms with E-state index in [0.717, 1.165) is 11.6 Å². The fourth-order valence-electron chi connectivity index (χ4n) is 2.57. The topological polar surface area (TPSA) is 99.0 Å². The Kier molecular flexibility index (Phi) is 4.96. The molecule has 7 nitrogen and oxygen atoms in total. The van der Waals surface area contributed by atoms with E-state index >= 15 is 0 Å². The molecule has 0 amide bonds. The molecule has 1 unspecified atom stereocenters. The highest BCUT2D eigenvalue weighted by Gasteiger charge is 2.29. The van der Waals surface area contributed by atoms with Gasteiger partial charge in [0.1, 0.15) is 23.4 Å². The van der Waals surface area contributed by atoms with Gasteiger partial charge in [-0.3, -0.25) is 10.1 Å². The average Bonchev–Trinajstić information content (AvgIpc) is 3.43.